The van der Waals surface area contributed by atoms with Crippen LogP contribution in [0.1, 0.15) is 26.7 Å². The number of aliphatic hydroxyl groups excluding tert-OH is 1. The molecule has 0 aliphatic carbocycles. The van der Waals surface area contributed by atoms with Crippen LogP contribution < -0.4 is 0 Å². The molecule has 1 rings (SSSR count). The molecule has 118 valence electrons. The molecule has 20 heavy (non-hydrogen) atoms. The van der Waals surface area contributed by atoms with Crippen LogP contribution in [-0.4, -0.2) is 41.1 Å². The van der Waals surface area contributed by atoms with Crippen molar-refractivity contribution in [3.8, 4) is 5.75 Å². The van der Waals surface area contributed by atoms with Crippen molar-refractivity contribution in [2.75, 3.05) is 20.3 Å². The van der Waals surface area contributed by atoms with Gasteiger partial charge in [-0.2, -0.15) is 0 Å². The van der Waals surface area contributed by atoms with Crippen LogP contribution in [-0.2, 0) is 31.5 Å². The molecule has 0 saturated heterocycles. The number of phenolic OH excluding ortho intramolecular Hbond substituents is 1. The topological polar surface area (TPSA) is 99.4 Å². The number of aromatic hydroxyl groups is 1. The molecule has 0 bridgehead atoms. The zero-order chi connectivity index (χ0) is 15.4. The summed E-state index contributed by atoms with van der Waals surface area (Å²) in [5, 5.41) is 30.8. The van der Waals surface area contributed by atoms with Gasteiger partial charge in [0.05, 0.1) is 13.2 Å². The van der Waals surface area contributed by atoms with Gasteiger partial charge in [0.15, 0.2) is 0 Å². The van der Waals surface area contributed by atoms with E-state index in [2.05, 4.69) is 9.78 Å². The monoisotopic (exact) mass is 326 g/mol. The van der Waals surface area contributed by atoms with Crippen molar-refractivity contribution in [1.29, 1.82) is 0 Å². The standard InChI is InChI=1S/C6H6O.2C3H8O2.CH4O.Ti/c7-6-4-2-1-3-5-6;2*1-2-3-5-4;1-2;/h1-5,7H;2*4H,2-3H2,1H3;2H,1H3;. The number of rotatable bonds is 4. The first-order valence-corrected chi connectivity index (χ1v) is 5.94. The van der Waals surface area contributed by atoms with Gasteiger partial charge in [-0.25, -0.2) is 9.78 Å². The molecule has 4 N–H and O–H groups in total. The first kappa shape index (κ1) is 27.8. The zero-order valence-corrected chi connectivity index (χ0v) is 13.9. The maximum atomic E-state index is 8.63. The number of aliphatic hydroxyl groups is 1. The van der Waals surface area contributed by atoms with Gasteiger partial charge in [-0.1, -0.05) is 32.0 Å². The molecule has 0 unspecified atom stereocenters. The summed E-state index contributed by atoms with van der Waals surface area (Å²) in [5.74, 6) is 0.322. The molecule has 0 radical (unpaired) electrons. The number of benzene rings is 1. The van der Waals surface area contributed by atoms with E-state index in [4.69, 9.17) is 20.7 Å². The Morgan fingerprint density at radius 1 is 0.850 bits per heavy atom. The third-order valence-corrected chi connectivity index (χ3v) is 1.35. The van der Waals surface area contributed by atoms with Crippen molar-refractivity contribution in [2.45, 2.75) is 26.7 Å². The molecular formula is C13H26O6Ti. The van der Waals surface area contributed by atoms with Crippen molar-refractivity contribution < 1.29 is 52.2 Å². The summed E-state index contributed by atoms with van der Waals surface area (Å²) in [6, 6.07) is 8.71. The van der Waals surface area contributed by atoms with E-state index >= 15 is 0 Å². The van der Waals surface area contributed by atoms with Gasteiger partial charge in [0.2, 0.25) is 0 Å². The predicted molar refractivity (Wildman–Crippen MR) is 74.0 cm³/mol. The van der Waals surface area contributed by atoms with Crippen molar-refractivity contribution in [3.05, 3.63) is 30.3 Å². The molecule has 7 heteroatoms. The summed E-state index contributed by atoms with van der Waals surface area (Å²) in [4.78, 5) is 7.38. The van der Waals surface area contributed by atoms with Gasteiger partial charge in [-0.05, 0) is 25.0 Å². The average molecular weight is 326 g/mol. The third kappa shape index (κ3) is 36.0. The smallest absolute Gasteiger partial charge is 0.115 e. The van der Waals surface area contributed by atoms with E-state index < -0.39 is 0 Å². The molecule has 0 heterocycles. The SMILES string of the molecule is CCCOO.CCCOO.CO.Oc1ccccc1.[Ti]. The van der Waals surface area contributed by atoms with Crippen molar-refractivity contribution >= 4 is 0 Å². The van der Waals surface area contributed by atoms with Crippen LogP contribution in [0.5, 0.6) is 5.75 Å². The minimum atomic E-state index is 0. The number of para-hydroxylation sites is 1. The Kier molecular flexibility index (Phi) is 43.3. The first-order chi connectivity index (χ1) is 9.22. The minimum absolute atomic E-state index is 0. The Labute approximate surface area is 135 Å². The molecule has 0 atom stereocenters. The van der Waals surface area contributed by atoms with E-state index in [0.29, 0.717) is 19.0 Å². The van der Waals surface area contributed by atoms with Crippen LogP contribution in [0.2, 0.25) is 0 Å². The Balaban J connectivity index is -0.0000000902. The van der Waals surface area contributed by atoms with Crippen molar-refractivity contribution in [1.82, 2.24) is 0 Å². The van der Waals surface area contributed by atoms with E-state index in [1.807, 2.05) is 19.9 Å². The quantitative estimate of drug-likeness (QED) is 0.386. The second kappa shape index (κ2) is 31.1. The fourth-order valence-electron chi connectivity index (χ4n) is 0.611. The Morgan fingerprint density at radius 3 is 1.30 bits per heavy atom. The zero-order valence-electron chi connectivity index (χ0n) is 12.3. The minimum Gasteiger partial charge on any atom is -0.508 e. The van der Waals surface area contributed by atoms with E-state index in [9.17, 15) is 0 Å². The molecule has 0 aliphatic heterocycles. The molecule has 1 aromatic carbocycles. The molecule has 6 nitrogen and oxygen atoms in total. The number of hydrogen-bond acceptors (Lipinski definition) is 6. The summed E-state index contributed by atoms with van der Waals surface area (Å²) >= 11 is 0. The Bertz CT molecular complexity index is 213. The Morgan fingerprint density at radius 2 is 1.20 bits per heavy atom. The summed E-state index contributed by atoms with van der Waals surface area (Å²) in [7, 11) is 1.00. The van der Waals surface area contributed by atoms with Gasteiger partial charge in [-0.15, -0.1) is 0 Å². The van der Waals surface area contributed by atoms with Crippen LogP contribution in [0, 0.1) is 0 Å². The molecule has 1 aromatic rings. The maximum Gasteiger partial charge on any atom is 0.115 e. The van der Waals surface area contributed by atoms with Crippen LogP contribution >= 0.6 is 0 Å². The number of hydrogen-bond donors (Lipinski definition) is 4. The Hall–Kier alpha value is -0.466. The van der Waals surface area contributed by atoms with E-state index in [0.717, 1.165) is 20.0 Å². The molecule has 0 fully saturated rings. The predicted octanol–water partition coefficient (Wildman–Crippen LogP) is 2.77. The number of phenols is 1. The van der Waals surface area contributed by atoms with Gasteiger partial charge in [0.25, 0.3) is 0 Å². The van der Waals surface area contributed by atoms with Gasteiger partial charge in [0.1, 0.15) is 5.75 Å². The van der Waals surface area contributed by atoms with Crippen molar-refractivity contribution in [3.63, 3.8) is 0 Å². The molecule has 0 spiro atoms. The normalized spacial score (nSPS) is 7.50. The van der Waals surface area contributed by atoms with Gasteiger partial charge < -0.3 is 10.2 Å². The second-order valence-electron chi connectivity index (χ2n) is 3.00. The molecule has 0 amide bonds. The fraction of sp³-hybridized carbons (Fsp3) is 0.538. The summed E-state index contributed by atoms with van der Waals surface area (Å²) in [5.41, 5.74) is 0. The van der Waals surface area contributed by atoms with Crippen LogP contribution in [0.25, 0.3) is 0 Å². The molecular weight excluding hydrogens is 300 g/mol. The summed E-state index contributed by atoms with van der Waals surface area (Å²) < 4.78 is 0. The van der Waals surface area contributed by atoms with Crippen LogP contribution in [0.4, 0.5) is 0 Å². The fourth-order valence-corrected chi connectivity index (χ4v) is 0.611. The third-order valence-electron chi connectivity index (χ3n) is 1.35. The van der Waals surface area contributed by atoms with Crippen LogP contribution in [0.3, 0.4) is 0 Å². The molecule has 0 aliphatic rings. The van der Waals surface area contributed by atoms with Gasteiger partial charge in [-0.3, -0.25) is 10.5 Å². The summed E-state index contributed by atoms with van der Waals surface area (Å²) in [6.07, 6.45) is 1.74. The summed E-state index contributed by atoms with van der Waals surface area (Å²) in [6.45, 7) is 4.74. The van der Waals surface area contributed by atoms with Gasteiger partial charge in [0, 0.05) is 28.8 Å². The second-order valence-corrected chi connectivity index (χ2v) is 3.00. The average Bonchev–Trinajstić information content (AvgIpc) is 2.45. The first-order valence-electron chi connectivity index (χ1n) is 5.94. The molecule has 0 saturated carbocycles. The molecule has 0 aromatic heterocycles. The largest absolute Gasteiger partial charge is 0.508 e. The van der Waals surface area contributed by atoms with E-state index in [-0.39, 0.29) is 21.7 Å². The van der Waals surface area contributed by atoms with Gasteiger partial charge >= 0.3 is 0 Å². The van der Waals surface area contributed by atoms with Crippen molar-refractivity contribution in [2.24, 2.45) is 0 Å². The van der Waals surface area contributed by atoms with E-state index in [1.54, 1.807) is 24.3 Å². The van der Waals surface area contributed by atoms with Crippen LogP contribution in [0.15, 0.2) is 30.3 Å². The maximum absolute atomic E-state index is 8.63. The van der Waals surface area contributed by atoms with E-state index in [1.165, 1.54) is 0 Å².